The highest BCUT2D eigenvalue weighted by Gasteiger charge is 2.29. The van der Waals surface area contributed by atoms with E-state index in [0.717, 1.165) is 35.7 Å². The number of carbonyl (C=O) groups is 2. The van der Waals surface area contributed by atoms with Crippen LogP contribution in [0.15, 0.2) is 72.1 Å². The summed E-state index contributed by atoms with van der Waals surface area (Å²) in [6.45, 7) is 5.52. The van der Waals surface area contributed by atoms with E-state index >= 15 is 0 Å². The molecule has 1 saturated carbocycles. The molecule has 1 N–H and O–H groups in total. The van der Waals surface area contributed by atoms with E-state index in [1.807, 2.05) is 36.6 Å². The maximum Gasteiger partial charge on any atom is 0.167 e. The standard InChI is InChI=1S/C34H42N2O4/c1-23(40-34(2,3)39)26-12-7-9-24(18-26)8-6-10-25-14-17-33-35-29(22-36(33)21-25)15-16-31(37)28-19-27-11-4-5-13-30(27)32(38)20-28/h4-5,11,13-14,17,19-24,26,30,39H,6-10,12,15-16,18H2,1-3H3. The molecule has 2 heterocycles. The molecule has 2 aromatic rings. The highest BCUT2D eigenvalue weighted by atomic mass is 16.6. The van der Waals surface area contributed by atoms with Crippen LogP contribution in [0, 0.1) is 17.8 Å². The monoisotopic (exact) mass is 542 g/mol. The molecule has 0 bridgehead atoms. The Morgan fingerprint density at radius 2 is 2.02 bits per heavy atom. The van der Waals surface area contributed by atoms with E-state index in [0.29, 0.717) is 24.3 Å². The molecule has 4 atom stereocenters. The minimum Gasteiger partial charge on any atom is -0.366 e. The Morgan fingerprint density at radius 1 is 1.18 bits per heavy atom. The predicted molar refractivity (Wildman–Crippen MR) is 157 cm³/mol. The molecule has 1 fully saturated rings. The van der Waals surface area contributed by atoms with Gasteiger partial charge < -0.3 is 14.2 Å². The summed E-state index contributed by atoms with van der Waals surface area (Å²) < 4.78 is 7.90. The van der Waals surface area contributed by atoms with Crippen molar-refractivity contribution in [2.24, 2.45) is 17.8 Å². The van der Waals surface area contributed by atoms with E-state index in [1.54, 1.807) is 13.8 Å². The molecule has 2 aromatic heterocycles. The average Bonchev–Trinajstić information content (AvgIpc) is 3.33. The van der Waals surface area contributed by atoms with Crippen molar-refractivity contribution in [3.05, 3.63) is 83.4 Å². The molecule has 0 radical (unpaired) electrons. The quantitative estimate of drug-likeness (QED) is 0.338. The van der Waals surface area contributed by atoms with Gasteiger partial charge in [0.15, 0.2) is 17.4 Å². The third-order valence-corrected chi connectivity index (χ3v) is 8.52. The van der Waals surface area contributed by atoms with Gasteiger partial charge in [-0.2, -0.15) is 0 Å². The number of hydrogen-bond acceptors (Lipinski definition) is 5. The largest absolute Gasteiger partial charge is 0.366 e. The highest BCUT2D eigenvalue weighted by molar-refractivity contribution is 6.09. The molecule has 0 spiro atoms. The Balaban J connectivity index is 1.11. The Bertz CT molecular complexity index is 1370. The molecular weight excluding hydrogens is 500 g/mol. The molecule has 212 valence electrons. The van der Waals surface area contributed by atoms with Gasteiger partial charge in [0.1, 0.15) is 5.65 Å². The van der Waals surface area contributed by atoms with Crippen molar-refractivity contribution in [3.63, 3.8) is 0 Å². The van der Waals surface area contributed by atoms with Crippen LogP contribution in [0.5, 0.6) is 0 Å². The van der Waals surface area contributed by atoms with Crippen LogP contribution in [0.2, 0.25) is 0 Å². The zero-order valence-corrected chi connectivity index (χ0v) is 24.0. The van der Waals surface area contributed by atoms with Crippen LogP contribution in [-0.2, 0) is 27.2 Å². The summed E-state index contributed by atoms with van der Waals surface area (Å²) in [6.07, 6.45) is 24.3. The van der Waals surface area contributed by atoms with Crippen LogP contribution in [0.3, 0.4) is 0 Å². The number of hydrogen-bond donors (Lipinski definition) is 1. The lowest BCUT2D eigenvalue weighted by Crippen LogP contribution is -2.35. The molecule has 4 unspecified atom stereocenters. The number of Topliss-reactive ketones (excluding diaryl/α,β-unsaturated/α-hetero) is 1. The minimum atomic E-state index is -1.08. The number of ether oxygens (including phenoxy) is 1. The topological polar surface area (TPSA) is 80.9 Å². The van der Waals surface area contributed by atoms with Crippen LogP contribution < -0.4 is 0 Å². The summed E-state index contributed by atoms with van der Waals surface area (Å²) in [7, 11) is 0. The van der Waals surface area contributed by atoms with E-state index in [1.165, 1.54) is 43.7 Å². The van der Waals surface area contributed by atoms with Crippen LogP contribution in [-0.4, -0.2) is 37.9 Å². The van der Waals surface area contributed by atoms with Crippen molar-refractivity contribution in [1.82, 2.24) is 9.38 Å². The molecule has 0 aromatic carbocycles. The lowest BCUT2D eigenvalue weighted by Gasteiger charge is -2.35. The number of imidazole rings is 1. The molecule has 5 rings (SSSR count). The van der Waals surface area contributed by atoms with Gasteiger partial charge in [0.2, 0.25) is 0 Å². The number of rotatable bonds is 11. The summed E-state index contributed by atoms with van der Waals surface area (Å²) in [5.74, 6) is -0.147. The fourth-order valence-corrected chi connectivity index (χ4v) is 6.49. The van der Waals surface area contributed by atoms with Gasteiger partial charge in [-0.3, -0.25) is 9.59 Å². The van der Waals surface area contributed by atoms with Gasteiger partial charge in [-0.05, 0) is 94.1 Å². The normalized spacial score (nSPS) is 23.6. The van der Waals surface area contributed by atoms with Crippen LogP contribution >= 0.6 is 0 Å². The number of aliphatic hydroxyl groups is 1. The summed E-state index contributed by atoms with van der Waals surface area (Å²) in [6, 6.07) is 4.22. The first-order valence-corrected chi connectivity index (χ1v) is 14.9. The maximum absolute atomic E-state index is 12.9. The summed E-state index contributed by atoms with van der Waals surface area (Å²) in [4.78, 5) is 30.0. The SMILES string of the molecule is CC(OC(C)(C)O)C1CCCC(CCCc2ccc3nc(CCC(=O)C4=CC(=O)C5C=CC=CC5=C4)cn3c2)C1. The number of fused-ring (bicyclic) bond motifs is 2. The third-order valence-electron chi connectivity index (χ3n) is 8.52. The molecule has 0 amide bonds. The number of nitrogens with zero attached hydrogens (tertiary/aromatic N) is 2. The first-order chi connectivity index (χ1) is 19.1. The second-order valence-corrected chi connectivity index (χ2v) is 12.3. The van der Waals surface area contributed by atoms with Crippen LogP contribution in [0.4, 0.5) is 0 Å². The van der Waals surface area contributed by atoms with E-state index in [-0.39, 0.29) is 23.6 Å². The lowest BCUT2D eigenvalue weighted by atomic mass is 9.77. The van der Waals surface area contributed by atoms with E-state index < -0.39 is 5.79 Å². The molecule has 6 heteroatoms. The molecule has 3 aliphatic carbocycles. The predicted octanol–water partition coefficient (Wildman–Crippen LogP) is 6.28. The van der Waals surface area contributed by atoms with E-state index in [2.05, 4.69) is 29.7 Å². The Labute approximate surface area is 237 Å². The molecule has 6 nitrogen and oxygen atoms in total. The number of ketones is 2. The zero-order valence-electron chi connectivity index (χ0n) is 24.0. The van der Waals surface area contributed by atoms with Gasteiger partial charge in [-0.1, -0.05) is 49.6 Å². The van der Waals surface area contributed by atoms with Crippen molar-refractivity contribution in [2.45, 2.75) is 90.4 Å². The smallest absolute Gasteiger partial charge is 0.167 e. The Hall–Kier alpha value is -3.09. The summed E-state index contributed by atoms with van der Waals surface area (Å²) in [5.41, 5.74) is 4.44. The first-order valence-electron chi connectivity index (χ1n) is 14.9. The number of carbonyl (C=O) groups excluding carboxylic acids is 2. The van der Waals surface area contributed by atoms with Crippen molar-refractivity contribution < 1.29 is 19.4 Å². The Morgan fingerprint density at radius 3 is 2.85 bits per heavy atom. The van der Waals surface area contributed by atoms with Crippen LogP contribution in [0.1, 0.15) is 77.0 Å². The van der Waals surface area contributed by atoms with Gasteiger partial charge in [0, 0.05) is 24.4 Å². The molecule has 3 aliphatic rings. The van der Waals surface area contributed by atoms with Gasteiger partial charge in [0.05, 0.1) is 17.7 Å². The molecular formula is C34H42N2O4. The van der Waals surface area contributed by atoms with Crippen molar-refractivity contribution in [1.29, 1.82) is 0 Å². The van der Waals surface area contributed by atoms with Crippen molar-refractivity contribution in [2.75, 3.05) is 0 Å². The number of allylic oxidation sites excluding steroid dienone is 8. The second-order valence-electron chi connectivity index (χ2n) is 12.3. The molecule has 0 aliphatic heterocycles. The number of aryl methyl sites for hydroxylation is 2. The fourth-order valence-electron chi connectivity index (χ4n) is 6.49. The van der Waals surface area contributed by atoms with Gasteiger partial charge >= 0.3 is 0 Å². The number of aromatic nitrogens is 2. The summed E-state index contributed by atoms with van der Waals surface area (Å²) in [5, 5.41) is 10.0. The van der Waals surface area contributed by atoms with Gasteiger partial charge in [0.25, 0.3) is 0 Å². The fraction of sp³-hybridized carbons (Fsp3) is 0.500. The average molecular weight is 543 g/mol. The van der Waals surface area contributed by atoms with Crippen LogP contribution in [0.25, 0.3) is 5.65 Å². The third kappa shape index (κ3) is 7.15. The van der Waals surface area contributed by atoms with Gasteiger partial charge in [-0.15, -0.1) is 0 Å². The number of pyridine rings is 1. The maximum atomic E-state index is 12.9. The Kier molecular flexibility index (Phi) is 8.67. The highest BCUT2D eigenvalue weighted by Crippen LogP contribution is 2.36. The van der Waals surface area contributed by atoms with E-state index in [9.17, 15) is 14.7 Å². The zero-order chi connectivity index (χ0) is 28.3. The first kappa shape index (κ1) is 28.4. The van der Waals surface area contributed by atoms with E-state index in [4.69, 9.17) is 9.72 Å². The van der Waals surface area contributed by atoms with Crippen molar-refractivity contribution >= 4 is 17.2 Å². The van der Waals surface area contributed by atoms with Gasteiger partial charge in [-0.25, -0.2) is 4.98 Å². The molecule has 0 saturated heterocycles. The van der Waals surface area contributed by atoms with Crippen molar-refractivity contribution in [3.8, 4) is 0 Å². The minimum absolute atomic E-state index is 0.0222. The summed E-state index contributed by atoms with van der Waals surface area (Å²) >= 11 is 0. The molecule has 40 heavy (non-hydrogen) atoms. The second kappa shape index (κ2) is 12.2. The lowest BCUT2D eigenvalue weighted by molar-refractivity contribution is -0.215.